The molecule has 8 heteroatoms. The summed E-state index contributed by atoms with van der Waals surface area (Å²) in [7, 11) is 0. The van der Waals surface area contributed by atoms with Crippen LogP contribution in [0.2, 0.25) is 0 Å². The molecule has 1 saturated heterocycles. The molecular formula is C22H19N3O5. The van der Waals surface area contributed by atoms with E-state index in [2.05, 4.69) is 10.5 Å². The van der Waals surface area contributed by atoms with Gasteiger partial charge >= 0.3 is 6.03 Å². The van der Waals surface area contributed by atoms with Gasteiger partial charge in [-0.25, -0.2) is 4.79 Å². The highest BCUT2D eigenvalue weighted by molar-refractivity contribution is 6.07. The van der Waals surface area contributed by atoms with E-state index in [1.807, 2.05) is 30.3 Å². The number of rotatable bonds is 4. The van der Waals surface area contributed by atoms with Crippen molar-refractivity contribution in [2.45, 2.75) is 19.0 Å². The molecule has 0 bridgehead atoms. The number of hydrogen-bond acceptors (Lipinski definition) is 6. The Morgan fingerprint density at radius 3 is 2.60 bits per heavy atom. The van der Waals surface area contributed by atoms with Crippen LogP contribution in [-0.4, -0.2) is 35.2 Å². The minimum Gasteiger partial charge on any atom is -0.486 e. The highest BCUT2D eigenvalue weighted by Crippen LogP contribution is 2.37. The van der Waals surface area contributed by atoms with Gasteiger partial charge in [0.2, 0.25) is 0 Å². The monoisotopic (exact) mass is 405 g/mol. The molecule has 2 aliphatic heterocycles. The van der Waals surface area contributed by atoms with Crippen LogP contribution in [0.5, 0.6) is 11.5 Å². The van der Waals surface area contributed by atoms with Crippen molar-refractivity contribution < 1.29 is 23.6 Å². The lowest BCUT2D eigenvalue weighted by Crippen LogP contribution is -2.41. The molecule has 0 spiro atoms. The summed E-state index contributed by atoms with van der Waals surface area (Å²) in [5.74, 6) is 1.39. The van der Waals surface area contributed by atoms with Gasteiger partial charge in [-0.2, -0.15) is 0 Å². The Bertz CT molecular complexity index is 1130. The van der Waals surface area contributed by atoms with Crippen molar-refractivity contribution >= 4 is 11.9 Å². The van der Waals surface area contributed by atoms with Crippen molar-refractivity contribution in [3.8, 4) is 22.8 Å². The first kappa shape index (κ1) is 18.2. The number of carbonyl (C=O) groups is 2. The SMILES string of the molecule is C[C@@]1(c2ccc3c(c2)OCCO3)NC(=O)N(Cc2cc(-c3ccccc3)on2)C1=O. The number of nitrogens with zero attached hydrogens (tertiary/aromatic N) is 2. The first-order chi connectivity index (χ1) is 14.5. The summed E-state index contributed by atoms with van der Waals surface area (Å²) >= 11 is 0. The van der Waals surface area contributed by atoms with Crippen LogP contribution in [0.1, 0.15) is 18.2 Å². The van der Waals surface area contributed by atoms with Gasteiger partial charge in [0.25, 0.3) is 5.91 Å². The molecule has 152 valence electrons. The van der Waals surface area contributed by atoms with Crippen molar-refractivity contribution in [2.24, 2.45) is 0 Å². The second kappa shape index (κ2) is 6.91. The Morgan fingerprint density at radius 2 is 1.80 bits per heavy atom. The van der Waals surface area contributed by atoms with E-state index in [4.69, 9.17) is 14.0 Å². The van der Waals surface area contributed by atoms with Crippen LogP contribution in [0.4, 0.5) is 4.79 Å². The fraction of sp³-hybridized carbons (Fsp3) is 0.227. The lowest BCUT2D eigenvalue weighted by molar-refractivity contribution is -0.131. The van der Waals surface area contributed by atoms with Gasteiger partial charge in [-0.3, -0.25) is 9.69 Å². The molecule has 0 aliphatic carbocycles. The number of amides is 3. The van der Waals surface area contributed by atoms with Crippen molar-refractivity contribution in [3.63, 3.8) is 0 Å². The second-order valence-electron chi connectivity index (χ2n) is 7.35. The van der Waals surface area contributed by atoms with Crippen LogP contribution in [0.25, 0.3) is 11.3 Å². The maximum absolute atomic E-state index is 13.2. The molecule has 0 radical (unpaired) electrons. The standard InChI is InChI=1S/C22H19N3O5/c1-22(15-7-8-17-19(11-15)29-10-9-28-17)20(26)25(21(27)23-22)13-16-12-18(30-24-16)14-5-3-2-4-6-14/h2-8,11-12H,9-10,13H2,1H3,(H,23,27)/t22-/m0/s1. The highest BCUT2D eigenvalue weighted by atomic mass is 16.6. The van der Waals surface area contributed by atoms with Gasteiger partial charge in [-0.05, 0) is 24.6 Å². The van der Waals surface area contributed by atoms with Crippen molar-refractivity contribution in [1.82, 2.24) is 15.4 Å². The van der Waals surface area contributed by atoms with E-state index in [1.54, 1.807) is 31.2 Å². The Labute approximate surface area is 172 Å². The molecule has 30 heavy (non-hydrogen) atoms. The fourth-order valence-corrected chi connectivity index (χ4v) is 3.68. The van der Waals surface area contributed by atoms with Gasteiger partial charge < -0.3 is 19.3 Å². The summed E-state index contributed by atoms with van der Waals surface area (Å²) in [6, 6.07) is 16.0. The normalized spacial score (nSPS) is 20.4. The van der Waals surface area contributed by atoms with Crippen LogP contribution in [-0.2, 0) is 16.9 Å². The molecule has 3 amide bonds. The molecule has 1 fully saturated rings. The van der Waals surface area contributed by atoms with Gasteiger partial charge in [0.1, 0.15) is 24.4 Å². The number of aromatic nitrogens is 1. The molecule has 5 rings (SSSR count). The first-order valence-electron chi connectivity index (χ1n) is 9.60. The van der Waals surface area contributed by atoms with Gasteiger partial charge in [-0.1, -0.05) is 41.6 Å². The average molecular weight is 405 g/mol. The molecule has 3 aromatic rings. The van der Waals surface area contributed by atoms with E-state index in [9.17, 15) is 9.59 Å². The summed E-state index contributed by atoms with van der Waals surface area (Å²) in [4.78, 5) is 27.0. The van der Waals surface area contributed by atoms with Crippen molar-refractivity contribution in [2.75, 3.05) is 13.2 Å². The zero-order valence-electron chi connectivity index (χ0n) is 16.3. The predicted octanol–water partition coefficient (Wildman–Crippen LogP) is 3.08. The molecule has 0 saturated carbocycles. The van der Waals surface area contributed by atoms with Gasteiger partial charge in [0.05, 0.1) is 6.54 Å². The summed E-state index contributed by atoms with van der Waals surface area (Å²) in [5, 5.41) is 6.81. The Hall–Kier alpha value is -3.81. The van der Waals surface area contributed by atoms with E-state index in [1.165, 1.54) is 0 Å². The number of benzene rings is 2. The number of fused-ring (bicyclic) bond motifs is 1. The van der Waals surface area contributed by atoms with Crippen LogP contribution in [0.15, 0.2) is 59.1 Å². The third kappa shape index (κ3) is 2.97. The summed E-state index contributed by atoms with van der Waals surface area (Å²) in [6.07, 6.45) is 0. The van der Waals surface area contributed by atoms with E-state index in [0.717, 1.165) is 10.5 Å². The van der Waals surface area contributed by atoms with E-state index < -0.39 is 11.6 Å². The quantitative estimate of drug-likeness (QED) is 0.671. The number of hydrogen-bond donors (Lipinski definition) is 1. The topological polar surface area (TPSA) is 93.9 Å². The van der Waals surface area contributed by atoms with Crippen LogP contribution < -0.4 is 14.8 Å². The fourth-order valence-electron chi connectivity index (χ4n) is 3.68. The number of carbonyl (C=O) groups excluding carboxylic acids is 2. The minimum atomic E-state index is -1.21. The predicted molar refractivity (Wildman–Crippen MR) is 106 cm³/mol. The minimum absolute atomic E-state index is 0.0150. The third-order valence-corrected chi connectivity index (χ3v) is 5.33. The molecule has 1 N–H and O–H groups in total. The average Bonchev–Trinajstić information content (AvgIpc) is 3.33. The summed E-state index contributed by atoms with van der Waals surface area (Å²) < 4.78 is 16.5. The lowest BCUT2D eigenvalue weighted by atomic mass is 9.91. The van der Waals surface area contributed by atoms with Gasteiger partial charge in [0.15, 0.2) is 17.3 Å². The van der Waals surface area contributed by atoms with Crippen LogP contribution in [0, 0.1) is 0 Å². The molecule has 3 heterocycles. The van der Waals surface area contributed by atoms with Crippen molar-refractivity contribution in [1.29, 1.82) is 0 Å². The zero-order chi connectivity index (χ0) is 20.7. The van der Waals surface area contributed by atoms with E-state index in [0.29, 0.717) is 41.7 Å². The Morgan fingerprint density at radius 1 is 1.03 bits per heavy atom. The molecule has 0 unspecified atom stereocenters. The number of imide groups is 1. The van der Waals surface area contributed by atoms with E-state index in [-0.39, 0.29) is 12.5 Å². The molecule has 2 aromatic carbocycles. The maximum Gasteiger partial charge on any atom is 0.325 e. The van der Waals surface area contributed by atoms with Gasteiger partial charge in [-0.15, -0.1) is 0 Å². The van der Waals surface area contributed by atoms with Gasteiger partial charge in [0, 0.05) is 11.6 Å². The molecular weight excluding hydrogens is 386 g/mol. The highest BCUT2D eigenvalue weighted by Gasteiger charge is 2.49. The van der Waals surface area contributed by atoms with E-state index >= 15 is 0 Å². The van der Waals surface area contributed by atoms with Crippen LogP contribution in [0.3, 0.4) is 0 Å². The maximum atomic E-state index is 13.2. The molecule has 1 atom stereocenters. The van der Waals surface area contributed by atoms with Crippen molar-refractivity contribution in [3.05, 3.63) is 65.9 Å². The second-order valence-corrected chi connectivity index (χ2v) is 7.35. The van der Waals surface area contributed by atoms with Crippen LogP contribution >= 0.6 is 0 Å². The Balaban J connectivity index is 1.39. The molecule has 1 aromatic heterocycles. The third-order valence-electron chi connectivity index (χ3n) is 5.33. The number of nitrogens with one attached hydrogen (secondary N) is 1. The summed E-state index contributed by atoms with van der Waals surface area (Å²) in [5.41, 5.74) is 0.773. The first-order valence-corrected chi connectivity index (χ1v) is 9.60. The molecule has 2 aliphatic rings. The summed E-state index contributed by atoms with van der Waals surface area (Å²) in [6.45, 7) is 2.61. The largest absolute Gasteiger partial charge is 0.486 e. The smallest absolute Gasteiger partial charge is 0.325 e. The molecule has 8 nitrogen and oxygen atoms in total. The Kier molecular flexibility index (Phi) is 4.20. The number of urea groups is 1. The number of ether oxygens (including phenoxy) is 2. The zero-order valence-corrected chi connectivity index (χ0v) is 16.3. The lowest BCUT2D eigenvalue weighted by Gasteiger charge is -2.25.